The van der Waals surface area contributed by atoms with Gasteiger partial charge in [0.05, 0.1) is 41.5 Å². The van der Waals surface area contributed by atoms with Crippen LogP contribution in [-0.2, 0) is 23.9 Å². The van der Waals surface area contributed by atoms with E-state index in [2.05, 4.69) is 13.2 Å². The number of carbonyl (C=O) groups excluding carboxylic acids is 3. The number of nitrogens with zero attached hydrogens (tertiary/aromatic N) is 2. The van der Waals surface area contributed by atoms with Gasteiger partial charge in [0.25, 0.3) is 5.91 Å². The SMILES string of the molecule is C=CCCCCOC(=O)[C@@H]1[C@H]2C(=O)N([C@@H](CO)C(C)C)C(C(=O)N(CC=C)c3c(C)cccc3Cl)C23CC[C@@]1(C)O3. The van der Waals surface area contributed by atoms with Gasteiger partial charge >= 0.3 is 5.97 Å². The second kappa shape index (κ2) is 12.3. The fraction of sp³-hybridized carbons (Fsp3) is 0.594. The molecule has 1 spiro atoms. The molecule has 3 saturated heterocycles. The third-order valence-electron chi connectivity index (χ3n) is 9.10. The van der Waals surface area contributed by atoms with Gasteiger partial charge in [-0.2, -0.15) is 0 Å². The van der Waals surface area contributed by atoms with Gasteiger partial charge in [-0.25, -0.2) is 0 Å². The molecule has 2 bridgehead atoms. The lowest BCUT2D eigenvalue weighted by atomic mass is 9.66. The molecule has 3 aliphatic rings. The Labute approximate surface area is 248 Å². The molecular weight excluding hydrogens is 544 g/mol. The van der Waals surface area contributed by atoms with Crippen LogP contribution in [0, 0.1) is 24.7 Å². The van der Waals surface area contributed by atoms with Crippen LogP contribution in [0.4, 0.5) is 5.69 Å². The number of allylic oxidation sites excluding steroid dienone is 1. The van der Waals surface area contributed by atoms with Crippen LogP contribution in [0.15, 0.2) is 43.5 Å². The minimum atomic E-state index is -1.24. The number of fused-ring (bicyclic) bond motifs is 1. The van der Waals surface area contributed by atoms with Crippen LogP contribution in [0.5, 0.6) is 0 Å². The number of anilines is 1. The molecule has 6 atom stereocenters. The number of hydrogen-bond donors (Lipinski definition) is 1. The van der Waals surface area contributed by atoms with Gasteiger partial charge in [0.1, 0.15) is 17.6 Å². The van der Waals surface area contributed by atoms with E-state index < -0.39 is 41.1 Å². The second-order valence-electron chi connectivity index (χ2n) is 12.1. The van der Waals surface area contributed by atoms with E-state index >= 15 is 0 Å². The number of aliphatic hydroxyl groups excluding tert-OH is 1. The van der Waals surface area contributed by atoms with Crippen LogP contribution in [-0.4, -0.2) is 70.8 Å². The lowest BCUT2D eigenvalue weighted by Gasteiger charge is -2.41. The Morgan fingerprint density at radius 2 is 2.00 bits per heavy atom. The summed E-state index contributed by atoms with van der Waals surface area (Å²) in [6.07, 6.45) is 6.73. The summed E-state index contributed by atoms with van der Waals surface area (Å²) < 4.78 is 12.4. The Bertz CT molecular complexity index is 1180. The summed E-state index contributed by atoms with van der Waals surface area (Å²) in [6, 6.07) is 3.68. The number of aliphatic hydroxyl groups is 1. The highest BCUT2D eigenvalue weighted by molar-refractivity contribution is 6.34. The van der Waals surface area contributed by atoms with Gasteiger partial charge < -0.3 is 24.4 Å². The first-order chi connectivity index (χ1) is 19.5. The normalized spacial score (nSPS) is 29.0. The summed E-state index contributed by atoms with van der Waals surface area (Å²) in [4.78, 5) is 45.8. The molecular formula is C32H43ClN2O6. The van der Waals surface area contributed by atoms with Crippen molar-refractivity contribution in [3.63, 3.8) is 0 Å². The summed E-state index contributed by atoms with van der Waals surface area (Å²) in [5.41, 5.74) is -0.863. The monoisotopic (exact) mass is 586 g/mol. The van der Waals surface area contributed by atoms with Crippen molar-refractivity contribution in [1.82, 2.24) is 4.90 Å². The molecule has 0 radical (unpaired) electrons. The number of para-hydroxylation sites is 1. The topological polar surface area (TPSA) is 96.4 Å². The zero-order chi connectivity index (χ0) is 30.1. The highest BCUT2D eigenvalue weighted by Crippen LogP contribution is 2.64. The van der Waals surface area contributed by atoms with Crippen molar-refractivity contribution in [2.45, 2.75) is 83.1 Å². The Balaban J connectivity index is 1.79. The molecule has 3 aliphatic heterocycles. The zero-order valence-corrected chi connectivity index (χ0v) is 25.4. The summed E-state index contributed by atoms with van der Waals surface area (Å²) in [7, 11) is 0. The van der Waals surface area contributed by atoms with Crippen molar-refractivity contribution < 1.29 is 29.0 Å². The molecule has 0 aliphatic carbocycles. The number of carbonyl (C=O) groups is 3. The summed E-state index contributed by atoms with van der Waals surface area (Å²) >= 11 is 6.62. The number of amides is 2. The van der Waals surface area contributed by atoms with Crippen molar-refractivity contribution in [2.24, 2.45) is 17.8 Å². The highest BCUT2D eigenvalue weighted by Gasteiger charge is 2.79. The standard InChI is InChI=1S/C32H43ClN2O6/c1-7-9-10-11-18-40-30(39)25-24-28(37)35(23(19-36)20(3)4)27(32(24)16-15-31(25,6)41-32)29(38)34(17-8-2)26-21(5)13-12-14-22(26)33/h7-8,12-14,20,23-25,27,36H,1-2,9-11,15-19H2,3-6H3/t23-,24-,25-,27?,31+,32?/m0/s1. The summed E-state index contributed by atoms with van der Waals surface area (Å²) in [5, 5.41) is 10.9. The number of esters is 1. The highest BCUT2D eigenvalue weighted by atomic mass is 35.5. The minimum Gasteiger partial charge on any atom is -0.465 e. The van der Waals surface area contributed by atoms with E-state index in [0.717, 1.165) is 18.4 Å². The molecule has 4 rings (SSSR count). The Hall–Kier alpha value is -2.68. The number of ether oxygens (including phenoxy) is 2. The Morgan fingerprint density at radius 1 is 1.27 bits per heavy atom. The van der Waals surface area contributed by atoms with E-state index in [-0.39, 0.29) is 37.5 Å². The molecule has 224 valence electrons. The van der Waals surface area contributed by atoms with Gasteiger partial charge in [0, 0.05) is 6.54 Å². The molecule has 8 nitrogen and oxygen atoms in total. The molecule has 2 unspecified atom stereocenters. The van der Waals surface area contributed by atoms with Crippen LogP contribution in [0.3, 0.4) is 0 Å². The molecule has 0 aromatic heterocycles. The largest absolute Gasteiger partial charge is 0.465 e. The van der Waals surface area contributed by atoms with Gasteiger partial charge in [0.2, 0.25) is 5.91 Å². The van der Waals surface area contributed by atoms with Crippen molar-refractivity contribution in [2.75, 3.05) is 24.7 Å². The number of aryl methyl sites for hydroxylation is 1. The predicted molar refractivity (Wildman–Crippen MR) is 159 cm³/mol. The van der Waals surface area contributed by atoms with Crippen LogP contribution >= 0.6 is 11.6 Å². The Morgan fingerprint density at radius 3 is 2.61 bits per heavy atom. The lowest BCUT2D eigenvalue weighted by Crippen LogP contribution is -2.60. The second-order valence-corrected chi connectivity index (χ2v) is 12.5. The number of halogens is 1. The number of hydrogen-bond acceptors (Lipinski definition) is 6. The van der Waals surface area contributed by atoms with Crippen LogP contribution in [0.2, 0.25) is 5.02 Å². The van der Waals surface area contributed by atoms with E-state index in [4.69, 9.17) is 21.1 Å². The van der Waals surface area contributed by atoms with E-state index in [0.29, 0.717) is 30.0 Å². The van der Waals surface area contributed by atoms with Crippen molar-refractivity contribution in [3.8, 4) is 0 Å². The average Bonchev–Trinajstić information content (AvgIpc) is 3.48. The molecule has 2 amide bonds. The first-order valence-electron chi connectivity index (χ1n) is 14.6. The quantitative estimate of drug-likeness (QED) is 0.202. The maximum atomic E-state index is 14.8. The molecule has 3 fully saturated rings. The number of likely N-dealkylation sites (tertiary alicyclic amines) is 1. The summed E-state index contributed by atoms with van der Waals surface area (Å²) in [6.45, 7) is 15.1. The molecule has 1 aromatic carbocycles. The van der Waals surface area contributed by atoms with Gasteiger partial charge in [-0.1, -0.05) is 49.7 Å². The van der Waals surface area contributed by atoms with E-state index in [1.54, 1.807) is 17.0 Å². The van der Waals surface area contributed by atoms with Crippen LogP contribution in [0.25, 0.3) is 0 Å². The molecule has 3 heterocycles. The third kappa shape index (κ3) is 5.23. The van der Waals surface area contributed by atoms with Crippen LogP contribution < -0.4 is 4.90 Å². The maximum absolute atomic E-state index is 14.8. The minimum absolute atomic E-state index is 0.154. The average molecular weight is 587 g/mol. The zero-order valence-electron chi connectivity index (χ0n) is 24.6. The molecule has 41 heavy (non-hydrogen) atoms. The molecule has 1 aromatic rings. The van der Waals surface area contributed by atoms with E-state index in [9.17, 15) is 19.5 Å². The molecule has 1 N–H and O–H groups in total. The van der Waals surface area contributed by atoms with Crippen molar-refractivity contribution >= 4 is 35.1 Å². The number of rotatable bonds is 13. The fourth-order valence-corrected chi connectivity index (χ4v) is 7.49. The predicted octanol–water partition coefficient (Wildman–Crippen LogP) is 4.85. The van der Waals surface area contributed by atoms with Gasteiger partial charge in [-0.3, -0.25) is 14.4 Å². The molecule has 0 saturated carbocycles. The van der Waals surface area contributed by atoms with Gasteiger partial charge in [0.15, 0.2) is 0 Å². The summed E-state index contributed by atoms with van der Waals surface area (Å²) in [5.74, 6) is -3.13. The first-order valence-corrected chi connectivity index (χ1v) is 14.9. The smallest absolute Gasteiger partial charge is 0.312 e. The van der Waals surface area contributed by atoms with E-state index in [1.165, 1.54) is 4.90 Å². The first kappa shape index (κ1) is 31.3. The fourth-order valence-electron chi connectivity index (χ4n) is 7.16. The van der Waals surface area contributed by atoms with E-state index in [1.807, 2.05) is 45.9 Å². The van der Waals surface area contributed by atoms with Crippen molar-refractivity contribution in [3.05, 3.63) is 54.1 Å². The molecule has 9 heteroatoms. The number of benzene rings is 1. The number of unbranched alkanes of at least 4 members (excludes halogenated alkanes) is 2. The van der Waals surface area contributed by atoms with Crippen molar-refractivity contribution in [1.29, 1.82) is 0 Å². The van der Waals surface area contributed by atoms with Gasteiger partial charge in [-0.05, 0) is 63.5 Å². The van der Waals surface area contributed by atoms with Crippen LogP contribution in [0.1, 0.15) is 58.4 Å². The third-order valence-corrected chi connectivity index (χ3v) is 9.40. The maximum Gasteiger partial charge on any atom is 0.312 e. The Kier molecular flexibility index (Phi) is 9.36. The van der Waals surface area contributed by atoms with Gasteiger partial charge in [-0.15, -0.1) is 13.2 Å². The lowest BCUT2D eigenvalue weighted by molar-refractivity contribution is -0.161.